The first-order valence-electron chi connectivity index (χ1n) is 9.00. The number of nitrogens with one attached hydrogen (secondary N) is 1. The Labute approximate surface area is 141 Å². The summed E-state index contributed by atoms with van der Waals surface area (Å²) in [5, 5.41) is 4.31. The number of nitrogens with zero attached hydrogens (tertiary/aromatic N) is 3. The van der Waals surface area contributed by atoms with Crippen LogP contribution in [-0.4, -0.2) is 73.1 Å². The van der Waals surface area contributed by atoms with Crippen LogP contribution in [0.3, 0.4) is 0 Å². The highest BCUT2D eigenvalue weighted by atomic mass is 32.2. The van der Waals surface area contributed by atoms with Gasteiger partial charge in [-0.1, -0.05) is 13.8 Å². The van der Waals surface area contributed by atoms with E-state index in [9.17, 15) is 0 Å². The van der Waals surface area contributed by atoms with E-state index in [4.69, 9.17) is 0 Å². The molecule has 128 valence electrons. The molecule has 2 rings (SSSR count). The van der Waals surface area contributed by atoms with Gasteiger partial charge in [-0.25, -0.2) is 0 Å². The average molecular weight is 327 g/mol. The first-order chi connectivity index (χ1) is 10.7. The molecule has 2 aliphatic rings. The fourth-order valence-electron chi connectivity index (χ4n) is 3.27. The fourth-order valence-corrected chi connectivity index (χ4v) is 4.57. The average Bonchev–Trinajstić information content (AvgIpc) is 3.04. The van der Waals surface area contributed by atoms with Crippen LogP contribution in [0.15, 0.2) is 4.99 Å². The lowest BCUT2D eigenvalue weighted by Crippen LogP contribution is -2.49. The topological polar surface area (TPSA) is 30.9 Å². The van der Waals surface area contributed by atoms with Gasteiger partial charge in [-0.3, -0.25) is 4.99 Å². The van der Waals surface area contributed by atoms with E-state index < -0.39 is 0 Å². The van der Waals surface area contributed by atoms with Crippen LogP contribution in [0.5, 0.6) is 0 Å². The molecule has 2 saturated heterocycles. The molecule has 0 bridgehead atoms. The standard InChI is InChI=1S/C17H34N4S/c1-15(2)16-14-21(12-13-22-16)17(18-3)19-8-4-5-9-20-10-6-7-11-20/h15-16H,4-14H2,1-3H3,(H,18,19). The van der Waals surface area contributed by atoms with E-state index in [2.05, 4.69) is 45.7 Å². The van der Waals surface area contributed by atoms with Crippen molar-refractivity contribution < 1.29 is 0 Å². The zero-order chi connectivity index (χ0) is 15.8. The van der Waals surface area contributed by atoms with Gasteiger partial charge in [0.05, 0.1) is 0 Å². The Hall–Kier alpha value is -0.420. The molecule has 5 heteroatoms. The van der Waals surface area contributed by atoms with Crippen LogP contribution < -0.4 is 5.32 Å². The Morgan fingerprint density at radius 2 is 2.00 bits per heavy atom. The van der Waals surface area contributed by atoms with Gasteiger partial charge in [0, 0.05) is 37.7 Å². The normalized spacial score (nSPS) is 24.3. The molecule has 0 aliphatic carbocycles. The molecule has 1 unspecified atom stereocenters. The third kappa shape index (κ3) is 5.65. The van der Waals surface area contributed by atoms with Crippen LogP contribution in [0.4, 0.5) is 0 Å². The van der Waals surface area contributed by atoms with Crippen LogP contribution in [0.25, 0.3) is 0 Å². The molecule has 0 saturated carbocycles. The molecule has 22 heavy (non-hydrogen) atoms. The number of likely N-dealkylation sites (tertiary alicyclic amines) is 1. The maximum absolute atomic E-state index is 4.49. The molecule has 0 radical (unpaired) electrons. The summed E-state index contributed by atoms with van der Waals surface area (Å²) >= 11 is 2.12. The van der Waals surface area contributed by atoms with Crippen molar-refractivity contribution in [3.8, 4) is 0 Å². The molecule has 1 atom stereocenters. The smallest absolute Gasteiger partial charge is 0.193 e. The second-order valence-electron chi connectivity index (χ2n) is 6.83. The summed E-state index contributed by atoms with van der Waals surface area (Å²) in [4.78, 5) is 9.54. The van der Waals surface area contributed by atoms with Gasteiger partial charge in [-0.2, -0.15) is 11.8 Å². The molecule has 0 amide bonds. The highest BCUT2D eigenvalue weighted by Gasteiger charge is 2.24. The Morgan fingerprint density at radius 3 is 2.68 bits per heavy atom. The molecule has 0 spiro atoms. The molecule has 0 aromatic heterocycles. The summed E-state index contributed by atoms with van der Waals surface area (Å²) in [7, 11) is 1.92. The lowest BCUT2D eigenvalue weighted by molar-refractivity contribution is 0.329. The van der Waals surface area contributed by atoms with Crippen molar-refractivity contribution in [2.45, 2.75) is 44.8 Å². The zero-order valence-corrected chi connectivity index (χ0v) is 15.5. The zero-order valence-electron chi connectivity index (χ0n) is 14.7. The van der Waals surface area contributed by atoms with E-state index in [-0.39, 0.29) is 0 Å². The summed E-state index contributed by atoms with van der Waals surface area (Å²) in [5.41, 5.74) is 0. The quantitative estimate of drug-likeness (QED) is 0.462. The molecule has 1 N–H and O–H groups in total. The maximum atomic E-state index is 4.49. The second-order valence-corrected chi connectivity index (χ2v) is 8.18. The molecular formula is C17H34N4S. The van der Waals surface area contributed by atoms with Crippen molar-refractivity contribution >= 4 is 17.7 Å². The number of guanidine groups is 1. The second kappa shape index (κ2) is 9.66. The van der Waals surface area contributed by atoms with Crippen LogP contribution in [0.1, 0.15) is 39.5 Å². The highest BCUT2D eigenvalue weighted by molar-refractivity contribution is 8.00. The molecule has 2 fully saturated rings. The number of hydrogen-bond acceptors (Lipinski definition) is 3. The van der Waals surface area contributed by atoms with E-state index in [0.29, 0.717) is 0 Å². The van der Waals surface area contributed by atoms with E-state index >= 15 is 0 Å². The van der Waals surface area contributed by atoms with Crippen molar-refractivity contribution in [2.75, 3.05) is 52.1 Å². The summed E-state index contributed by atoms with van der Waals surface area (Å²) in [6.07, 6.45) is 5.34. The lowest BCUT2D eigenvalue weighted by atomic mass is 10.1. The minimum atomic E-state index is 0.738. The Morgan fingerprint density at radius 1 is 1.23 bits per heavy atom. The van der Waals surface area contributed by atoms with E-state index in [1.54, 1.807) is 0 Å². The number of rotatable bonds is 6. The van der Waals surface area contributed by atoms with Gasteiger partial charge < -0.3 is 15.1 Å². The van der Waals surface area contributed by atoms with E-state index in [0.717, 1.165) is 36.8 Å². The molecular weight excluding hydrogens is 292 g/mol. The Balaban J connectivity index is 1.64. The number of thioether (sulfide) groups is 1. The van der Waals surface area contributed by atoms with Crippen LogP contribution >= 0.6 is 11.8 Å². The minimum Gasteiger partial charge on any atom is -0.356 e. The van der Waals surface area contributed by atoms with Crippen molar-refractivity contribution in [1.82, 2.24) is 15.1 Å². The third-order valence-electron chi connectivity index (χ3n) is 4.73. The largest absolute Gasteiger partial charge is 0.356 e. The van der Waals surface area contributed by atoms with E-state index in [1.165, 1.54) is 51.1 Å². The summed E-state index contributed by atoms with van der Waals surface area (Å²) in [6, 6.07) is 0. The van der Waals surface area contributed by atoms with Gasteiger partial charge >= 0.3 is 0 Å². The molecule has 4 nitrogen and oxygen atoms in total. The Bertz CT molecular complexity index is 340. The number of hydrogen-bond donors (Lipinski definition) is 1. The highest BCUT2D eigenvalue weighted by Crippen LogP contribution is 2.24. The first-order valence-corrected chi connectivity index (χ1v) is 10.0. The molecule has 2 heterocycles. The maximum Gasteiger partial charge on any atom is 0.193 e. The molecule has 0 aromatic rings. The predicted molar refractivity (Wildman–Crippen MR) is 98.9 cm³/mol. The monoisotopic (exact) mass is 326 g/mol. The Kier molecular flexibility index (Phi) is 7.87. The number of unbranched alkanes of at least 4 members (excludes halogenated alkanes) is 1. The van der Waals surface area contributed by atoms with Crippen molar-refractivity contribution in [3.05, 3.63) is 0 Å². The van der Waals surface area contributed by atoms with Crippen molar-refractivity contribution in [3.63, 3.8) is 0 Å². The van der Waals surface area contributed by atoms with Crippen LogP contribution in [0.2, 0.25) is 0 Å². The van der Waals surface area contributed by atoms with Gasteiger partial charge in [0.2, 0.25) is 0 Å². The predicted octanol–water partition coefficient (Wildman–Crippen LogP) is 2.51. The SMILES string of the molecule is CN=C(NCCCCN1CCCC1)N1CCSC(C(C)C)C1. The van der Waals surface area contributed by atoms with E-state index in [1.807, 2.05) is 7.05 Å². The summed E-state index contributed by atoms with van der Waals surface area (Å²) in [5.74, 6) is 3.07. The van der Waals surface area contributed by atoms with Gasteiger partial charge in [0.15, 0.2) is 5.96 Å². The molecule has 2 aliphatic heterocycles. The van der Waals surface area contributed by atoms with Gasteiger partial charge in [-0.05, 0) is 51.2 Å². The van der Waals surface area contributed by atoms with Crippen molar-refractivity contribution in [1.29, 1.82) is 0 Å². The minimum absolute atomic E-state index is 0.738. The van der Waals surface area contributed by atoms with Crippen LogP contribution in [0, 0.1) is 5.92 Å². The molecule has 0 aromatic carbocycles. The van der Waals surface area contributed by atoms with Gasteiger partial charge in [-0.15, -0.1) is 0 Å². The summed E-state index contributed by atoms with van der Waals surface area (Å²) in [6.45, 7) is 11.9. The van der Waals surface area contributed by atoms with Crippen LogP contribution in [-0.2, 0) is 0 Å². The van der Waals surface area contributed by atoms with Crippen molar-refractivity contribution in [2.24, 2.45) is 10.9 Å². The fraction of sp³-hybridized carbons (Fsp3) is 0.941. The lowest BCUT2D eigenvalue weighted by Gasteiger charge is -2.36. The van der Waals surface area contributed by atoms with Gasteiger partial charge in [0.1, 0.15) is 0 Å². The third-order valence-corrected chi connectivity index (χ3v) is 6.27. The number of aliphatic imine (C=N–C) groups is 1. The summed E-state index contributed by atoms with van der Waals surface area (Å²) < 4.78 is 0. The first kappa shape index (κ1) is 17.9. The van der Waals surface area contributed by atoms with Gasteiger partial charge in [0.25, 0.3) is 0 Å².